The monoisotopic (exact) mass is 293 g/mol. The van der Waals surface area contributed by atoms with Crippen LogP contribution in [-0.2, 0) is 11.2 Å². The Morgan fingerprint density at radius 3 is 2.71 bits per heavy atom. The van der Waals surface area contributed by atoms with Gasteiger partial charge in [0.1, 0.15) is 5.54 Å². The van der Waals surface area contributed by atoms with E-state index >= 15 is 0 Å². The number of amides is 1. The number of carboxylic acid groups (broad SMARTS) is 1. The molecule has 0 radical (unpaired) electrons. The molecule has 1 aliphatic rings. The predicted molar refractivity (Wildman–Crippen MR) is 76.4 cm³/mol. The zero-order valence-corrected chi connectivity index (χ0v) is 11.8. The van der Waals surface area contributed by atoms with Crippen molar-refractivity contribution in [1.82, 2.24) is 4.90 Å². The number of nitrogens with two attached hydrogens (primary N) is 1. The van der Waals surface area contributed by atoms with Crippen LogP contribution < -0.4 is 5.73 Å². The zero-order chi connectivity index (χ0) is 15.5. The topological polar surface area (TPSA) is 108 Å². The summed E-state index contributed by atoms with van der Waals surface area (Å²) in [5.74, 6) is -0.117. The van der Waals surface area contributed by atoms with Gasteiger partial charge < -0.3 is 20.8 Å². The van der Waals surface area contributed by atoms with Crippen molar-refractivity contribution in [2.75, 3.05) is 13.7 Å². The number of hydrogen-bond donors (Lipinski definition) is 3. The van der Waals surface area contributed by atoms with E-state index in [4.69, 9.17) is 15.7 Å². The Balaban J connectivity index is 2.43. The van der Waals surface area contributed by atoms with Crippen molar-refractivity contribution in [3.63, 3.8) is 0 Å². The summed E-state index contributed by atoms with van der Waals surface area (Å²) in [5, 5.41) is 21.6. The number of nitrogens with zero attached hydrogens (tertiary/aromatic N) is 2. The summed E-state index contributed by atoms with van der Waals surface area (Å²) < 4.78 is 5.28. The molecule has 1 saturated heterocycles. The van der Waals surface area contributed by atoms with E-state index in [1.54, 1.807) is 0 Å². The van der Waals surface area contributed by atoms with Crippen LogP contribution in [0.3, 0.4) is 0 Å². The summed E-state index contributed by atoms with van der Waals surface area (Å²) >= 11 is 0. The SMILES string of the molecule is CO[C@H]1CN(C(=O)O)[C@](Cc2ccccc2)(C(N)=NO)C1. The van der Waals surface area contributed by atoms with Crippen molar-refractivity contribution >= 4 is 11.9 Å². The van der Waals surface area contributed by atoms with Gasteiger partial charge in [-0.25, -0.2) is 4.79 Å². The molecule has 2 atom stereocenters. The fourth-order valence-corrected chi connectivity index (χ4v) is 2.88. The fraction of sp³-hybridized carbons (Fsp3) is 0.429. The van der Waals surface area contributed by atoms with Crippen molar-refractivity contribution < 1.29 is 19.8 Å². The van der Waals surface area contributed by atoms with Crippen molar-refractivity contribution in [2.45, 2.75) is 24.5 Å². The minimum atomic E-state index is -1.11. The lowest BCUT2D eigenvalue weighted by Crippen LogP contribution is -2.57. The van der Waals surface area contributed by atoms with Crippen LogP contribution in [-0.4, -0.2) is 52.4 Å². The van der Waals surface area contributed by atoms with Crippen LogP contribution in [0.15, 0.2) is 35.5 Å². The van der Waals surface area contributed by atoms with Gasteiger partial charge in [0.25, 0.3) is 0 Å². The molecule has 0 unspecified atom stereocenters. The molecular weight excluding hydrogens is 274 g/mol. The molecule has 1 amide bonds. The Morgan fingerprint density at radius 1 is 1.52 bits per heavy atom. The number of ether oxygens (including phenoxy) is 1. The molecule has 7 heteroatoms. The van der Waals surface area contributed by atoms with Crippen LogP contribution in [0.5, 0.6) is 0 Å². The van der Waals surface area contributed by atoms with Crippen molar-refractivity contribution in [2.24, 2.45) is 10.9 Å². The Bertz CT molecular complexity index is 534. The van der Waals surface area contributed by atoms with Gasteiger partial charge in [-0.3, -0.25) is 4.90 Å². The molecule has 7 nitrogen and oxygen atoms in total. The van der Waals surface area contributed by atoms with Crippen LogP contribution in [0.25, 0.3) is 0 Å². The molecule has 4 N–H and O–H groups in total. The van der Waals surface area contributed by atoms with Gasteiger partial charge in [-0.15, -0.1) is 0 Å². The first kappa shape index (κ1) is 15.1. The average molecular weight is 293 g/mol. The van der Waals surface area contributed by atoms with Crippen molar-refractivity contribution in [3.8, 4) is 0 Å². The number of amidine groups is 1. The third-order valence-electron chi connectivity index (χ3n) is 3.96. The van der Waals surface area contributed by atoms with Gasteiger partial charge in [0, 0.05) is 20.0 Å². The van der Waals surface area contributed by atoms with Crippen LogP contribution in [0.4, 0.5) is 4.79 Å². The molecule has 1 aliphatic heterocycles. The summed E-state index contributed by atoms with van der Waals surface area (Å²) in [6, 6.07) is 9.37. The van der Waals surface area contributed by atoms with E-state index in [1.807, 2.05) is 30.3 Å². The zero-order valence-electron chi connectivity index (χ0n) is 11.8. The first-order valence-corrected chi connectivity index (χ1v) is 6.59. The van der Waals surface area contributed by atoms with Crippen molar-refractivity contribution in [3.05, 3.63) is 35.9 Å². The van der Waals surface area contributed by atoms with Gasteiger partial charge in [0.05, 0.1) is 12.6 Å². The van der Waals surface area contributed by atoms with E-state index in [1.165, 1.54) is 12.0 Å². The smallest absolute Gasteiger partial charge is 0.408 e. The second-order valence-electron chi connectivity index (χ2n) is 5.13. The van der Waals surface area contributed by atoms with E-state index in [-0.39, 0.29) is 18.5 Å². The van der Waals surface area contributed by atoms with E-state index < -0.39 is 11.6 Å². The standard InChI is InChI=1S/C14H19N3O4/c1-21-11-8-14(12(15)16-20,17(9-11)13(18)19)7-10-5-3-2-4-6-10/h2-6,11,20H,7-9H2,1H3,(H2,15,16)(H,18,19)/t11-,14+/m1/s1. The molecule has 0 bridgehead atoms. The summed E-state index contributed by atoms with van der Waals surface area (Å²) in [6.07, 6.45) is -0.724. The number of methoxy groups -OCH3 is 1. The van der Waals surface area contributed by atoms with Crippen LogP contribution in [0.1, 0.15) is 12.0 Å². The maximum absolute atomic E-state index is 11.6. The molecule has 2 rings (SSSR count). The number of benzene rings is 1. The normalized spacial score (nSPS) is 26.0. The minimum absolute atomic E-state index is 0.117. The maximum Gasteiger partial charge on any atom is 0.408 e. The summed E-state index contributed by atoms with van der Waals surface area (Å²) in [4.78, 5) is 12.8. The Morgan fingerprint density at radius 2 is 2.19 bits per heavy atom. The van der Waals surface area contributed by atoms with Gasteiger partial charge in [-0.05, 0) is 5.56 Å². The highest BCUT2D eigenvalue weighted by atomic mass is 16.5. The second-order valence-corrected chi connectivity index (χ2v) is 5.13. The van der Waals surface area contributed by atoms with Gasteiger partial charge in [0.2, 0.25) is 0 Å². The van der Waals surface area contributed by atoms with E-state index in [2.05, 4.69) is 5.16 Å². The number of hydrogen-bond acceptors (Lipinski definition) is 4. The number of rotatable bonds is 4. The van der Waals surface area contributed by atoms with Gasteiger partial charge in [0.15, 0.2) is 5.84 Å². The van der Waals surface area contributed by atoms with Crippen LogP contribution in [0.2, 0.25) is 0 Å². The minimum Gasteiger partial charge on any atom is -0.465 e. The van der Waals surface area contributed by atoms with E-state index in [9.17, 15) is 9.90 Å². The largest absolute Gasteiger partial charge is 0.465 e. The Hall–Kier alpha value is -2.28. The summed E-state index contributed by atoms with van der Waals surface area (Å²) in [5.41, 5.74) is 5.66. The molecule has 0 spiro atoms. The molecule has 0 saturated carbocycles. The number of carbonyl (C=O) groups is 1. The molecule has 21 heavy (non-hydrogen) atoms. The molecular formula is C14H19N3O4. The average Bonchev–Trinajstić information content (AvgIpc) is 2.87. The molecule has 1 aromatic carbocycles. The first-order chi connectivity index (χ1) is 10.0. The van der Waals surface area contributed by atoms with E-state index in [0.29, 0.717) is 12.8 Å². The Labute approximate surface area is 122 Å². The van der Waals surface area contributed by atoms with Gasteiger partial charge in [-0.1, -0.05) is 35.5 Å². The van der Waals surface area contributed by atoms with Crippen LogP contribution >= 0.6 is 0 Å². The molecule has 1 heterocycles. The number of oxime groups is 1. The third-order valence-corrected chi connectivity index (χ3v) is 3.96. The van der Waals surface area contributed by atoms with Gasteiger partial charge >= 0.3 is 6.09 Å². The maximum atomic E-state index is 11.6. The van der Waals surface area contributed by atoms with Crippen LogP contribution in [0, 0.1) is 0 Å². The van der Waals surface area contributed by atoms with E-state index in [0.717, 1.165) is 5.56 Å². The van der Waals surface area contributed by atoms with Crippen molar-refractivity contribution in [1.29, 1.82) is 0 Å². The summed E-state index contributed by atoms with van der Waals surface area (Å²) in [6.45, 7) is 0.189. The Kier molecular flexibility index (Phi) is 4.32. The summed E-state index contributed by atoms with van der Waals surface area (Å²) in [7, 11) is 1.52. The molecule has 0 aromatic heterocycles. The highest BCUT2D eigenvalue weighted by Gasteiger charge is 2.51. The molecule has 114 valence electrons. The highest BCUT2D eigenvalue weighted by Crippen LogP contribution is 2.34. The molecule has 1 fully saturated rings. The lowest BCUT2D eigenvalue weighted by molar-refractivity contribution is 0.101. The highest BCUT2D eigenvalue weighted by molar-refractivity contribution is 5.93. The quantitative estimate of drug-likeness (QED) is 0.333. The first-order valence-electron chi connectivity index (χ1n) is 6.59. The lowest BCUT2D eigenvalue weighted by atomic mass is 9.86. The van der Waals surface area contributed by atoms with Gasteiger partial charge in [-0.2, -0.15) is 0 Å². The lowest BCUT2D eigenvalue weighted by Gasteiger charge is -2.35. The predicted octanol–water partition coefficient (Wildman–Crippen LogP) is 1.11. The fourth-order valence-electron chi connectivity index (χ4n) is 2.88. The second kappa shape index (κ2) is 6.01. The third kappa shape index (κ3) is 2.78. The molecule has 1 aromatic rings. The molecule has 0 aliphatic carbocycles. The number of likely N-dealkylation sites (tertiary alicyclic amines) is 1.